The van der Waals surface area contributed by atoms with Crippen molar-refractivity contribution in [3.05, 3.63) is 0 Å². The third-order valence-corrected chi connectivity index (χ3v) is 5.28. The first-order valence-corrected chi connectivity index (χ1v) is 8.66. The van der Waals surface area contributed by atoms with Crippen LogP contribution >= 0.6 is 0 Å². The van der Waals surface area contributed by atoms with Crippen LogP contribution < -0.4 is 5.32 Å². The molecule has 2 aliphatic rings. The molecule has 1 amide bonds. The number of carbonyl (C=O) groups is 1. The van der Waals surface area contributed by atoms with Crippen LogP contribution in [-0.4, -0.2) is 43.8 Å². The van der Waals surface area contributed by atoms with E-state index in [9.17, 15) is 4.79 Å². The Morgan fingerprint density at radius 1 is 1.24 bits per heavy atom. The maximum absolute atomic E-state index is 11.9. The fraction of sp³-hybridized carbons (Fsp3) is 0.941. The lowest BCUT2D eigenvalue weighted by atomic mass is 9.85. The van der Waals surface area contributed by atoms with Gasteiger partial charge >= 0.3 is 6.09 Å². The van der Waals surface area contributed by atoms with Crippen molar-refractivity contribution in [1.82, 2.24) is 10.2 Å². The van der Waals surface area contributed by atoms with E-state index in [4.69, 9.17) is 4.74 Å². The number of amides is 1. The molecule has 1 saturated carbocycles. The van der Waals surface area contributed by atoms with Crippen LogP contribution in [0.2, 0.25) is 0 Å². The van der Waals surface area contributed by atoms with Crippen molar-refractivity contribution in [2.24, 2.45) is 17.8 Å². The van der Waals surface area contributed by atoms with Gasteiger partial charge in [0, 0.05) is 19.1 Å². The number of carbonyl (C=O) groups excluding carboxylic acids is 1. The highest BCUT2D eigenvalue weighted by atomic mass is 16.5. The molecular weight excluding hydrogens is 264 g/mol. The van der Waals surface area contributed by atoms with Gasteiger partial charge in [0.05, 0.1) is 7.11 Å². The van der Waals surface area contributed by atoms with Crippen LogP contribution in [0.4, 0.5) is 4.79 Å². The van der Waals surface area contributed by atoms with Gasteiger partial charge in [-0.2, -0.15) is 0 Å². The zero-order valence-electron chi connectivity index (χ0n) is 13.9. The summed E-state index contributed by atoms with van der Waals surface area (Å²) in [5.41, 5.74) is 0. The Bertz CT molecular complexity index is 327. The average molecular weight is 296 g/mol. The van der Waals surface area contributed by atoms with E-state index in [1.54, 1.807) is 0 Å². The molecule has 1 heterocycles. The minimum absolute atomic E-state index is 0.176. The zero-order valence-corrected chi connectivity index (χ0v) is 13.9. The topological polar surface area (TPSA) is 41.6 Å². The summed E-state index contributed by atoms with van der Waals surface area (Å²) in [6.45, 7) is 7.26. The molecule has 2 atom stereocenters. The summed E-state index contributed by atoms with van der Waals surface area (Å²) in [7, 11) is 1.48. The van der Waals surface area contributed by atoms with Crippen LogP contribution in [0.25, 0.3) is 0 Å². The molecule has 2 rings (SSSR count). The fourth-order valence-corrected chi connectivity index (χ4v) is 3.77. The predicted molar refractivity (Wildman–Crippen MR) is 85.3 cm³/mol. The van der Waals surface area contributed by atoms with Gasteiger partial charge in [-0.25, -0.2) is 4.79 Å². The molecule has 2 fully saturated rings. The van der Waals surface area contributed by atoms with Crippen LogP contribution in [0.1, 0.15) is 52.4 Å². The molecule has 0 bridgehead atoms. The van der Waals surface area contributed by atoms with Gasteiger partial charge in [0.15, 0.2) is 0 Å². The summed E-state index contributed by atoms with van der Waals surface area (Å²) in [5.74, 6) is 2.02. The third kappa shape index (κ3) is 4.87. The molecule has 2 unspecified atom stereocenters. The molecule has 4 heteroatoms. The van der Waals surface area contributed by atoms with Gasteiger partial charge < -0.3 is 15.0 Å². The number of rotatable bonds is 4. The van der Waals surface area contributed by atoms with Gasteiger partial charge in [-0.15, -0.1) is 0 Å². The number of methoxy groups -OCH3 is 1. The van der Waals surface area contributed by atoms with Crippen LogP contribution in [0.15, 0.2) is 0 Å². The van der Waals surface area contributed by atoms with Crippen molar-refractivity contribution in [2.45, 2.75) is 58.4 Å². The molecule has 0 aromatic rings. The van der Waals surface area contributed by atoms with Gasteiger partial charge in [-0.1, -0.05) is 33.1 Å². The van der Waals surface area contributed by atoms with E-state index in [1.807, 2.05) is 4.90 Å². The van der Waals surface area contributed by atoms with Crippen molar-refractivity contribution in [3.63, 3.8) is 0 Å². The van der Waals surface area contributed by atoms with Crippen molar-refractivity contribution < 1.29 is 9.53 Å². The Labute approximate surface area is 129 Å². The molecule has 0 aromatic carbocycles. The maximum atomic E-state index is 11.9. The highest BCUT2D eigenvalue weighted by Crippen LogP contribution is 2.26. The Morgan fingerprint density at radius 3 is 2.57 bits per heavy atom. The molecule has 122 valence electrons. The van der Waals surface area contributed by atoms with E-state index in [1.165, 1.54) is 45.6 Å². The average Bonchev–Trinajstić information content (AvgIpc) is 2.52. The number of hydrogen-bond acceptors (Lipinski definition) is 3. The number of piperidine rings is 1. The van der Waals surface area contributed by atoms with Crippen molar-refractivity contribution in [3.8, 4) is 0 Å². The van der Waals surface area contributed by atoms with Crippen molar-refractivity contribution >= 4 is 6.09 Å². The summed E-state index contributed by atoms with van der Waals surface area (Å²) < 4.78 is 4.92. The van der Waals surface area contributed by atoms with Gasteiger partial charge in [0.2, 0.25) is 0 Å². The van der Waals surface area contributed by atoms with Crippen LogP contribution in [-0.2, 0) is 4.74 Å². The summed E-state index contributed by atoms with van der Waals surface area (Å²) in [5, 5.41) is 3.74. The molecular formula is C17H32N2O2. The summed E-state index contributed by atoms with van der Waals surface area (Å²) in [6, 6.07) is 0.423. The van der Waals surface area contributed by atoms with E-state index in [2.05, 4.69) is 19.2 Å². The number of ether oxygens (including phenoxy) is 1. The predicted octanol–water partition coefficient (Wildman–Crippen LogP) is 3.27. The molecule has 21 heavy (non-hydrogen) atoms. The molecule has 0 aromatic heterocycles. The number of hydrogen-bond donors (Lipinski definition) is 1. The van der Waals surface area contributed by atoms with Gasteiger partial charge in [0.25, 0.3) is 0 Å². The van der Waals surface area contributed by atoms with Crippen molar-refractivity contribution in [1.29, 1.82) is 0 Å². The molecule has 1 saturated heterocycles. The first-order chi connectivity index (χ1) is 10.1. The summed E-state index contributed by atoms with van der Waals surface area (Å²) in [4.78, 5) is 13.7. The Hall–Kier alpha value is -0.770. The SMILES string of the molecule is COC(=O)N1CC(NCC2CCCCC2)CC(C(C)C)C1. The molecule has 0 radical (unpaired) electrons. The minimum Gasteiger partial charge on any atom is -0.453 e. The van der Waals surface area contributed by atoms with E-state index >= 15 is 0 Å². The maximum Gasteiger partial charge on any atom is 0.409 e. The molecule has 1 N–H and O–H groups in total. The second-order valence-corrected chi connectivity index (χ2v) is 7.22. The standard InChI is InChI=1S/C17H32N2O2/c1-13(2)15-9-16(12-19(11-15)17(20)21-3)18-10-14-7-5-4-6-8-14/h13-16,18H,4-12H2,1-3H3. The molecule has 0 spiro atoms. The van der Waals surface area contributed by atoms with Crippen LogP contribution in [0.3, 0.4) is 0 Å². The van der Waals surface area contributed by atoms with E-state index in [0.717, 1.165) is 25.6 Å². The number of nitrogens with one attached hydrogen (secondary N) is 1. The molecule has 1 aliphatic heterocycles. The van der Waals surface area contributed by atoms with Crippen LogP contribution in [0.5, 0.6) is 0 Å². The lowest BCUT2D eigenvalue weighted by Gasteiger charge is -2.39. The van der Waals surface area contributed by atoms with Gasteiger partial charge in [-0.05, 0) is 43.6 Å². The largest absolute Gasteiger partial charge is 0.453 e. The normalized spacial score (nSPS) is 27.9. The first kappa shape index (κ1) is 16.6. The summed E-state index contributed by atoms with van der Waals surface area (Å²) in [6.07, 6.45) is 7.93. The van der Waals surface area contributed by atoms with E-state index in [0.29, 0.717) is 17.9 Å². The zero-order chi connectivity index (χ0) is 15.2. The molecule has 1 aliphatic carbocycles. The quantitative estimate of drug-likeness (QED) is 0.865. The Morgan fingerprint density at radius 2 is 1.95 bits per heavy atom. The summed E-state index contributed by atoms with van der Waals surface area (Å²) >= 11 is 0. The monoisotopic (exact) mass is 296 g/mol. The first-order valence-electron chi connectivity index (χ1n) is 8.66. The lowest BCUT2D eigenvalue weighted by Crippen LogP contribution is -2.53. The Balaban J connectivity index is 1.85. The third-order valence-electron chi connectivity index (χ3n) is 5.28. The lowest BCUT2D eigenvalue weighted by molar-refractivity contribution is 0.0798. The fourth-order valence-electron chi connectivity index (χ4n) is 3.77. The molecule has 4 nitrogen and oxygen atoms in total. The smallest absolute Gasteiger partial charge is 0.409 e. The van der Waals surface area contributed by atoms with Gasteiger partial charge in [0.1, 0.15) is 0 Å². The highest BCUT2D eigenvalue weighted by Gasteiger charge is 2.32. The highest BCUT2D eigenvalue weighted by molar-refractivity contribution is 5.67. The number of likely N-dealkylation sites (tertiary alicyclic amines) is 1. The van der Waals surface area contributed by atoms with Crippen molar-refractivity contribution in [2.75, 3.05) is 26.7 Å². The second kappa shape index (κ2) is 8.02. The van der Waals surface area contributed by atoms with E-state index in [-0.39, 0.29) is 6.09 Å². The number of nitrogens with zero attached hydrogens (tertiary/aromatic N) is 1. The second-order valence-electron chi connectivity index (χ2n) is 7.22. The van der Waals surface area contributed by atoms with Gasteiger partial charge in [-0.3, -0.25) is 0 Å². The Kier molecular flexibility index (Phi) is 6.34. The minimum atomic E-state index is -0.176. The van der Waals surface area contributed by atoms with Crippen LogP contribution in [0, 0.1) is 17.8 Å². The van der Waals surface area contributed by atoms with E-state index < -0.39 is 0 Å².